The number of fused-ring (bicyclic) bond motifs is 1. The number of rotatable bonds is 2. The molecule has 2 aromatic carbocycles. The maximum atomic E-state index is 12.9. The number of alkyl halides is 3. The molecule has 0 unspecified atom stereocenters. The molecule has 0 atom stereocenters. The van der Waals surface area contributed by atoms with Crippen molar-refractivity contribution in [1.82, 2.24) is 5.32 Å². The Morgan fingerprint density at radius 2 is 1.46 bits per heavy atom. The van der Waals surface area contributed by atoms with Crippen molar-refractivity contribution in [3.8, 4) is 11.1 Å². The average molecular weight is 335 g/mol. The summed E-state index contributed by atoms with van der Waals surface area (Å²) in [5.74, 6) is -1.13. The van der Waals surface area contributed by atoms with Crippen molar-refractivity contribution in [3.05, 3.63) is 53.1 Å². The van der Waals surface area contributed by atoms with E-state index < -0.39 is 36.1 Å². The molecule has 1 aliphatic rings. The predicted octanol–water partition coefficient (Wildman–Crippen LogP) is 0.936. The van der Waals surface area contributed by atoms with E-state index in [1.807, 2.05) is 0 Å². The molecule has 0 aromatic heterocycles. The number of nitrogens with one attached hydrogen (secondary N) is 1. The fraction of sp³-hybridized carbons (Fsp3) is 0.0667. The Kier molecular flexibility index (Phi) is 3.69. The van der Waals surface area contributed by atoms with Gasteiger partial charge >= 0.3 is 13.3 Å². The highest BCUT2D eigenvalue weighted by molar-refractivity contribution is 6.59. The zero-order valence-corrected chi connectivity index (χ0v) is 11.9. The topological polar surface area (TPSA) is 86.6 Å². The van der Waals surface area contributed by atoms with Crippen molar-refractivity contribution < 1.29 is 32.8 Å². The number of halogens is 3. The van der Waals surface area contributed by atoms with Crippen LogP contribution in [0.4, 0.5) is 13.2 Å². The Labute approximate surface area is 133 Å². The first-order valence-corrected chi connectivity index (χ1v) is 6.76. The summed E-state index contributed by atoms with van der Waals surface area (Å²) >= 11 is 0. The molecule has 3 N–H and O–H groups in total. The van der Waals surface area contributed by atoms with Crippen LogP contribution < -0.4 is 10.8 Å². The lowest BCUT2D eigenvalue weighted by Gasteiger charge is -2.14. The molecule has 0 aliphatic carbocycles. The van der Waals surface area contributed by atoms with Crippen LogP contribution in [0.5, 0.6) is 0 Å². The van der Waals surface area contributed by atoms with Crippen LogP contribution in [0.1, 0.15) is 26.3 Å². The van der Waals surface area contributed by atoms with Crippen molar-refractivity contribution in [2.24, 2.45) is 0 Å². The highest BCUT2D eigenvalue weighted by Gasteiger charge is 2.36. The van der Waals surface area contributed by atoms with Gasteiger partial charge in [0.2, 0.25) is 0 Å². The molecule has 2 amide bonds. The number of hydrogen-bond donors (Lipinski definition) is 3. The van der Waals surface area contributed by atoms with Gasteiger partial charge in [0.25, 0.3) is 11.8 Å². The molecule has 0 bridgehead atoms. The molecule has 0 radical (unpaired) electrons. The molecule has 1 aliphatic heterocycles. The van der Waals surface area contributed by atoms with E-state index in [2.05, 4.69) is 5.32 Å². The molecule has 3 rings (SSSR count). The summed E-state index contributed by atoms with van der Waals surface area (Å²) in [4.78, 5) is 23.2. The summed E-state index contributed by atoms with van der Waals surface area (Å²) in [6, 6.07) is 7.11. The van der Waals surface area contributed by atoms with E-state index in [9.17, 15) is 32.8 Å². The Morgan fingerprint density at radius 3 is 2.08 bits per heavy atom. The molecule has 9 heteroatoms. The summed E-state index contributed by atoms with van der Waals surface area (Å²) in [5.41, 5.74) is -0.937. The Morgan fingerprint density at radius 1 is 0.875 bits per heavy atom. The number of amides is 2. The molecular weight excluding hydrogens is 326 g/mol. The van der Waals surface area contributed by atoms with Crippen LogP contribution in [-0.4, -0.2) is 29.0 Å². The highest BCUT2D eigenvalue weighted by atomic mass is 19.4. The molecule has 2 aromatic rings. The maximum absolute atomic E-state index is 12.9. The summed E-state index contributed by atoms with van der Waals surface area (Å²) < 4.78 is 38.7. The normalized spacial score (nSPS) is 13.7. The summed E-state index contributed by atoms with van der Waals surface area (Å²) in [7, 11) is -2.30. The third-order valence-corrected chi connectivity index (χ3v) is 3.70. The molecule has 0 fully saturated rings. The fourth-order valence-electron chi connectivity index (χ4n) is 2.56. The Bertz CT molecular complexity index is 864. The van der Waals surface area contributed by atoms with E-state index in [1.165, 1.54) is 18.2 Å². The predicted molar refractivity (Wildman–Crippen MR) is 78.5 cm³/mol. The summed E-state index contributed by atoms with van der Waals surface area (Å²) in [5, 5.41) is 20.5. The Hall–Kier alpha value is -2.65. The van der Waals surface area contributed by atoms with Gasteiger partial charge in [-0.1, -0.05) is 18.2 Å². The number of benzene rings is 2. The van der Waals surface area contributed by atoms with E-state index in [0.29, 0.717) is 5.56 Å². The zero-order valence-electron chi connectivity index (χ0n) is 11.9. The quantitative estimate of drug-likeness (QED) is 0.563. The van der Waals surface area contributed by atoms with Gasteiger partial charge in [-0.3, -0.25) is 14.9 Å². The van der Waals surface area contributed by atoms with Gasteiger partial charge in [-0.05, 0) is 34.8 Å². The van der Waals surface area contributed by atoms with Gasteiger partial charge < -0.3 is 10.0 Å². The molecule has 5 nitrogen and oxygen atoms in total. The van der Waals surface area contributed by atoms with Crippen LogP contribution in [0.15, 0.2) is 36.4 Å². The van der Waals surface area contributed by atoms with Crippen molar-refractivity contribution in [2.75, 3.05) is 0 Å². The van der Waals surface area contributed by atoms with Crippen molar-refractivity contribution >= 4 is 24.4 Å². The zero-order chi connectivity index (χ0) is 17.6. The molecular formula is C15H9BF3NO4. The van der Waals surface area contributed by atoms with Crippen molar-refractivity contribution in [1.29, 1.82) is 0 Å². The van der Waals surface area contributed by atoms with Gasteiger partial charge in [0, 0.05) is 0 Å². The second-order valence-corrected chi connectivity index (χ2v) is 5.22. The Balaban J connectivity index is 2.11. The average Bonchev–Trinajstić information content (AvgIpc) is 2.80. The monoisotopic (exact) mass is 335 g/mol. The standard InChI is InChI=1S/C15H9BF3NO4/c17-15(18,19)11-4-2-8(6-12(11)16(23)24)7-1-3-9-10(5-7)14(22)20-13(9)21/h1-6,23-24H,(H,20,21,22). The van der Waals surface area contributed by atoms with Crippen LogP contribution in [0.2, 0.25) is 0 Å². The summed E-state index contributed by atoms with van der Waals surface area (Å²) in [6.45, 7) is 0. The molecule has 0 saturated carbocycles. The summed E-state index contributed by atoms with van der Waals surface area (Å²) in [6.07, 6.45) is -4.73. The third-order valence-electron chi connectivity index (χ3n) is 3.70. The van der Waals surface area contributed by atoms with Crippen LogP contribution >= 0.6 is 0 Å². The van der Waals surface area contributed by atoms with E-state index in [1.54, 1.807) is 0 Å². The number of carbonyl (C=O) groups excluding carboxylic acids is 2. The fourth-order valence-corrected chi connectivity index (χ4v) is 2.56. The van der Waals surface area contributed by atoms with Crippen molar-refractivity contribution in [2.45, 2.75) is 6.18 Å². The number of carbonyl (C=O) groups is 2. The lowest BCUT2D eigenvalue weighted by atomic mass is 9.75. The van der Waals surface area contributed by atoms with Gasteiger partial charge in [-0.15, -0.1) is 0 Å². The first-order valence-electron chi connectivity index (χ1n) is 6.76. The smallest absolute Gasteiger partial charge is 0.423 e. The van der Waals surface area contributed by atoms with Crippen molar-refractivity contribution in [3.63, 3.8) is 0 Å². The maximum Gasteiger partial charge on any atom is 0.489 e. The van der Waals surface area contributed by atoms with Crippen LogP contribution in [0.3, 0.4) is 0 Å². The first-order chi connectivity index (χ1) is 11.2. The van der Waals surface area contributed by atoms with E-state index in [-0.39, 0.29) is 16.7 Å². The molecule has 24 heavy (non-hydrogen) atoms. The highest BCUT2D eigenvalue weighted by Crippen LogP contribution is 2.31. The minimum absolute atomic E-state index is 0.114. The molecule has 0 spiro atoms. The van der Waals surface area contributed by atoms with Crippen LogP contribution in [-0.2, 0) is 6.18 Å². The largest absolute Gasteiger partial charge is 0.489 e. The van der Waals surface area contributed by atoms with Gasteiger partial charge in [0.1, 0.15) is 0 Å². The number of imide groups is 1. The van der Waals surface area contributed by atoms with E-state index in [4.69, 9.17) is 0 Å². The van der Waals surface area contributed by atoms with Crippen LogP contribution in [0.25, 0.3) is 11.1 Å². The minimum Gasteiger partial charge on any atom is -0.423 e. The van der Waals surface area contributed by atoms with E-state index in [0.717, 1.165) is 18.2 Å². The second kappa shape index (κ2) is 5.46. The number of hydrogen-bond acceptors (Lipinski definition) is 4. The van der Waals surface area contributed by atoms with Gasteiger partial charge in [-0.25, -0.2) is 0 Å². The SMILES string of the molecule is O=C1NC(=O)c2cc(-c3ccc(C(F)(F)F)c(B(O)O)c3)ccc21. The van der Waals surface area contributed by atoms with Gasteiger partial charge in [0.05, 0.1) is 16.7 Å². The minimum atomic E-state index is -4.73. The lowest BCUT2D eigenvalue weighted by molar-refractivity contribution is -0.136. The molecule has 122 valence electrons. The van der Waals surface area contributed by atoms with Gasteiger partial charge in [0.15, 0.2) is 0 Å². The van der Waals surface area contributed by atoms with E-state index >= 15 is 0 Å². The third kappa shape index (κ3) is 2.68. The molecule has 0 saturated heterocycles. The molecule has 1 heterocycles. The lowest BCUT2D eigenvalue weighted by Crippen LogP contribution is -2.36. The van der Waals surface area contributed by atoms with Gasteiger partial charge in [-0.2, -0.15) is 13.2 Å². The first kappa shape index (κ1) is 16.2. The van der Waals surface area contributed by atoms with Crippen LogP contribution in [0, 0.1) is 0 Å². The second-order valence-electron chi connectivity index (χ2n) is 5.22.